The van der Waals surface area contributed by atoms with Crippen LogP contribution in [0.25, 0.3) is 0 Å². The van der Waals surface area contributed by atoms with E-state index < -0.39 is 11.7 Å². The molecule has 2 aliphatic heterocycles. The fraction of sp³-hybridized carbons (Fsp3) is 0.467. The predicted molar refractivity (Wildman–Crippen MR) is 79.3 cm³/mol. The highest BCUT2D eigenvalue weighted by atomic mass is 35.5. The van der Waals surface area contributed by atoms with Gasteiger partial charge in [0, 0.05) is 30.7 Å². The second kappa shape index (κ2) is 4.71. The predicted octanol–water partition coefficient (Wildman–Crippen LogP) is 1.78. The van der Waals surface area contributed by atoms with Crippen LogP contribution in [0.4, 0.5) is 5.69 Å². The van der Waals surface area contributed by atoms with Crippen molar-refractivity contribution in [3.05, 3.63) is 28.8 Å². The number of fused-ring (bicyclic) bond motifs is 2. The molecule has 112 valence electrons. The number of carbonyl (C=O) groups is 2. The molecule has 5 nitrogen and oxygen atoms in total. The lowest BCUT2D eigenvalue weighted by molar-refractivity contribution is -0.132. The quantitative estimate of drug-likeness (QED) is 0.800. The molecule has 2 unspecified atom stereocenters. The van der Waals surface area contributed by atoms with E-state index in [1.54, 1.807) is 30.1 Å². The van der Waals surface area contributed by atoms with Gasteiger partial charge in [0.05, 0.1) is 5.69 Å². The minimum Gasteiger partial charge on any atom is -0.341 e. The molecule has 21 heavy (non-hydrogen) atoms. The largest absolute Gasteiger partial charge is 0.341 e. The van der Waals surface area contributed by atoms with Crippen molar-refractivity contribution in [2.45, 2.75) is 25.6 Å². The molecule has 3 rings (SSSR count). The molecule has 1 spiro atoms. The van der Waals surface area contributed by atoms with Gasteiger partial charge in [-0.1, -0.05) is 11.6 Å². The van der Waals surface area contributed by atoms with Crippen molar-refractivity contribution in [3.8, 4) is 0 Å². The summed E-state index contributed by atoms with van der Waals surface area (Å²) in [5.74, 6) is -0.347. The van der Waals surface area contributed by atoms with Crippen molar-refractivity contribution >= 4 is 29.1 Å². The van der Waals surface area contributed by atoms with E-state index in [0.29, 0.717) is 23.7 Å². The summed E-state index contributed by atoms with van der Waals surface area (Å²) in [6, 6.07) is 5.23. The number of rotatable bonds is 3. The van der Waals surface area contributed by atoms with Crippen molar-refractivity contribution in [2.24, 2.45) is 0 Å². The summed E-state index contributed by atoms with van der Waals surface area (Å²) in [5, 5.41) is 0.528. The molecule has 0 bridgehead atoms. The lowest BCUT2D eigenvalue weighted by Gasteiger charge is -2.17. The third-order valence-corrected chi connectivity index (χ3v) is 4.49. The van der Waals surface area contributed by atoms with Gasteiger partial charge in [0.2, 0.25) is 5.60 Å². The number of carbonyl (C=O) groups excluding carboxylic acids is 2. The highest BCUT2D eigenvalue weighted by molar-refractivity contribution is 6.31. The Hall–Kier alpha value is -1.59. The van der Waals surface area contributed by atoms with E-state index >= 15 is 0 Å². The first kappa shape index (κ1) is 14.4. The zero-order valence-corrected chi connectivity index (χ0v) is 13.0. The summed E-state index contributed by atoms with van der Waals surface area (Å²) in [7, 11) is 1.68. The molecule has 1 fully saturated rings. The van der Waals surface area contributed by atoms with Gasteiger partial charge in [0.25, 0.3) is 11.8 Å². The monoisotopic (exact) mass is 308 g/mol. The summed E-state index contributed by atoms with van der Waals surface area (Å²) in [4.78, 5) is 28.2. The molecule has 2 heterocycles. The Morgan fingerprint density at radius 2 is 2.10 bits per heavy atom. The van der Waals surface area contributed by atoms with E-state index in [1.807, 2.05) is 13.8 Å². The van der Waals surface area contributed by atoms with Crippen LogP contribution < -0.4 is 4.90 Å². The molecule has 6 heteroatoms. The van der Waals surface area contributed by atoms with Crippen molar-refractivity contribution in [3.63, 3.8) is 0 Å². The number of epoxide rings is 1. The molecule has 1 saturated heterocycles. The Labute approximate surface area is 128 Å². The van der Waals surface area contributed by atoms with Crippen molar-refractivity contribution in [2.75, 3.05) is 25.0 Å². The van der Waals surface area contributed by atoms with E-state index in [9.17, 15) is 9.59 Å². The number of benzene rings is 1. The molecular formula is C15H17ClN2O3. The molecule has 1 aromatic rings. The number of halogens is 1. The topological polar surface area (TPSA) is 53.2 Å². The number of likely N-dealkylation sites (N-methyl/N-ethyl adjacent to an activating group) is 2. The average Bonchev–Trinajstić information content (AvgIpc) is 3.19. The van der Waals surface area contributed by atoms with Gasteiger partial charge in [-0.3, -0.25) is 9.59 Å². The third kappa shape index (κ3) is 1.80. The molecule has 0 aliphatic carbocycles. The van der Waals surface area contributed by atoms with Gasteiger partial charge in [0.1, 0.15) is 0 Å². The smallest absolute Gasteiger partial charge is 0.267 e. The van der Waals surface area contributed by atoms with E-state index in [4.69, 9.17) is 16.3 Å². The minimum atomic E-state index is -1.17. The van der Waals surface area contributed by atoms with E-state index in [0.717, 1.165) is 5.69 Å². The number of nitrogens with zero attached hydrogens (tertiary/aromatic N) is 2. The van der Waals surface area contributed by atoms with Crippen LogP contribution in [0.2, 0.25) is 5.02 Å². The van der Waals surface area contributed by atoms with Gasteiger partial charge >= 0.3 is 0 Å². The Balaban J connectivity index is 2.00. The standard InChI is InChI=1S/C15H17ClN2O3/c1-4-18(5-2)13(19)12-15(21-12)10-8-9(16)6-7-11(10)17(3)14(15)20/h6-8,12H,4-5H2,1-3H3. The van der Waals surface area contributed by atoms with Crippen molar-refractivity contribution in [1.29, 1.82) is 0 Å². The third-order valence-electron chi connectivity index (χ3n) is 4.26. The average molecular weight is 309 g/mol. The van der Waals surface area contributed by atoms with Gasteiger partial charge in [-0.25, -0.2) is 0 Å². The molecule has 0 N–H and O–H groups in total. The molecule has 0 saturated carbocycles. The Kier molecular flexibility index (Phi) is 3.22. The molecule has 1 aromatic carbocycles. The fourth-order valence-corrected chi connectivity index (χ4v) is 3.19. The molecular weight excluding hydrogens is 292 g/mol. The second-order valence-electron chi connectivity index (χ2n) is 5.27. The maximum Gasteiger partial charge on any atom is 0.267 e. The summed E-state index contributed by atoms with van der Waals surface area (Å²) in [6.45, 7) is 5.00. The Morgan fingerprint density at radius 1 is 1.43 bits per heavy atom. The summed E-state index contributed by atoms with van der Waals surface area (Å²) < 4.78 is 5.63. The zero-order valence-electron chi connectivity index (χ0n) is 12.2. The van der Waals surface area contributed by atoms with Crippen LogP contribution in [-0.2, 0) is 19.9 Å². The van der Waals surface area contributed by atoms with E-state index in [2.05, 4.69) is 0 Å². The van der Waals surface area contributed by atoms with Gasteiger partial charge in [-0.2, -0.15) is 0 Å². The van der Waals surface area contributed by atoms with Crippen LogP contribution >= 0.6 is 11.6 Å². The first-order valence-electron chi connectivity index (χ1n) is 7.02. The number of hydrogen-bond donors (Lipinski definition) is 0. The van der Waals surface area contributed by atoms with Crippen LogP contribution in [0.15, 0.2) is 18.2 Å². The van der Waals surface area contributed by atoms with E-state index in [-0.39, 0.29) is 11.8 Å². The summed E-state index contributed by atoms with van der Waals surface area (Å²) in [5.41, 5.74) is 0.265. The van der Waals surface area contributed by atoms with E-state index in [1.165, 1.54) is 4.90 Å². The highest BCUT2D eigenvalue weighted by Gasteiger charge is 2.72. The molecule has 0 radical (unpaired) electrons. The van der Waals surface area contributed by atoms with Crippen LogP contribution in [0.3, 0.4) is 0 Å². The van der Waals surface area contributed by atoms with Crippen LogP contribution in [0.5, 0.6) is 0 Å². The normalized spacial score (nSPS) is 26.2. The minimum absolute atomic E-state index is 0.144. The highest BCUT2D eigenvalue weighted by Crippen LogP contribution is 2.56. The molecule has 2 atom stereocenters. The zero-order chi connectivity index (χ0) is 15.4. The first-order valence-corrected chi connectivity index (χ1v) is 7.40. The fourth-order valence-electron chi connectivity index (χ4n) is 3.02. The van der Waals surface area contributed by atoms with Crippen LogP contribution in [0.1, 0.15) is 19.4 Å². The maximum atomic E-state index is 12.6. The molecule has 0 aromatic heterocycles. The number of anilines is 1. The van der Waals surface area contributed by atoms with Gasteiger partial charge in [-0.05, 0) is 32.0 Å². The van der Waals surface area contributed by atoms with Crippen LogP contribution in [0, 0.1) is 0 Å². The van der Waals surface area contributed by atoms with Crippen molar-refractivity contribution < 1.29 is 14.3 Å². The maximum absolute atomic E-state index is 12.6. The number of hydrogen-bond acceptors (Lipinski definition) is 3. The SMILES string of the molecule is CCN(CC)C(=O)C1OC12C(=O)N(C)c1ccc(Cl)cc12. The van der Waals surface area contributed by atoms with Gasteiger partial charge < -0.3 is 14.5 Å². The lowest BCUT2D eigenvalue weighted by Crippen LogP contribution is -2.39. The van der Waals surface area contributed by atoms with Crippen molar-refractivity contribution in [1.82, 2.24) is 4.90 Å². The molecule has 2 aliphatic rings. The summed E-state index contributed by atoms with van der Waals surface area (Å²) in [6.07, 6.45) is -0.743. The summed E-state index contributed by atoms with van der Waals surface area (Å²) >= 11 is 6.04. The Morgan fingerprint density at radius 3 is 2.71 bits per heavy atom. The Bertz CT molecular complexity index is 629. The first-order chi connectivity index (χ1) is 9.97. The number of ether oxygens (including phenoxy) is 1. The van der Waals surface area contributed by atoms with Gasteiger partial charge in [0.15, 0.2) is 6.10 Å². The second-order valence-corrected chi connectivity index (χ2v) is 5.71. The lowest BCUT2D eigenvalue weighted by atomic mass is 9.96. The molecule has 2 amide bonds. The number of amides is 2. The van der Waals surface area contributed by atoms with Crippen LogP contribution in [-0.4, -0.2) is 43.0 Å². The van der Waals surface area contributed by atoms with Gasteiger partial charge in [-0.15, -0.1) is 0 Å².